The first-order valence-corrected chi connectivity index (χ1v) is 10.0. The quantitative estimate of drug-likeness (QED) is 0.737. The Morgan fingerprint density at radius 1 is 1.14 bits per heavy atom. The number of nitrogens with two attached hydrogens (primary N) is 1. The van der Waals surface area contributed by atoms with Gasteiger partial charge in [0.25, 0.3) is 0 Å². The summed E-state index contributed by atoms with van der Waals surface area (Å²) in [7, 11) is 0. The number of ether oxygens (including phenoxy) is 1. The molecule has 10 heteroatoms. The minimum Gasteiger partial charge on any atom is -0.378 e. The van der Waals surface area contributed by atoms with Gasteiger partial charge in [0.05, 0.1) is 18.9 Å². The van der Waals surface area contributed by atoms with Crippen LogP contribution in [0, 0.1) is 0 Å². The van der Waals surface area contributed by atoms with E-state index in [0.717, 1.165) is 55.1 Å². The molecule has 2 fully saturated rings. The van der Waals surface area contributed by atoms with Gasteiger partial charge in [-0.1, -0.05) is 0 Å². The van der Waals surface area contributed by atoms with E-state index in [1.165, 1.54) is 0 Å². The number of aromatic nitrogens is 4. The third-order valence-corrected chi connectivity index (χ3v) is 5.75. The lowest BCUT2D eigenvalue weighted by Crippen LogP contribution is -2.45. The van der Waals surface area contributed by atoms with E-state index in [4.69, 9.17) is 20.4 Å². The van der Waals surface area contributed by atoms with Gasteiger partial charge in [-0.3, -0.25) is 4.79 Å². The van der Waals surface area contributed by atoms with Gasteiger partial charge in [0.1, 0.15) is 5.82 Å². The van der Waals surface area contributed by atoms with Crippen molar-refractivity contribution in [1.82, 2.24) is 25.3 Å². The van der Waals surface area contributed by atoms with Gasteiger partial charge in [-0.05, 0) is 12.8 Å². The van der Waals surface area contributed by atoms with Crippen molar-refractivity contribution in [3.8, 4) is 11.3 Å². The second-order valence-corrected chi connectivity index (χ2v) is 7.54. The van der Waals surface area contributed by atoms with Crippen molar-refractivity contribution in [1.29, 1.82) is 0 Å². The molecule has 29 heavy (non-hydrogen) atoms. The number of nitrogen functional groups attached to an aromatic ring is 1. The van der Waals surface area contributed by atoms with E-state index in [1.54, 1.807) is 12.4 Å². The molecule has 3 aliphatic rings. The smallest absolute Gasteiger partial charge is 0.228 e. The standard InChI is InChI=1S/C19H24N8O2/c20-18-22-10-12(11-23-18)16-14-2-4-27(13-1-3-21-15(28)9-13)17(14)25-19(24-16)26-5-7-29-8-6-26/h10-11,13H,1-9H2,(H,21,28)(H2,20,22,23)/t13-/m0/s1. The largest absolute Gasteiger partial charge is 0.378 e. The molecule has 10 nitrogen and oxygen atoms in total. The Labute approximate surface area is 168 Å². The summed E-state index contributed by atoms with van der Waals surface area (Å²) in [6.07, 6.45) is 5.67. The van der Waals surface area contributed by atoms with Gasteiger partial charge in [-0.25, -0.2) is 15.0 Å². The summed E-state index contributed by atoms with van der Waals surface area (Å²) >= 11 is 0. The number of anilines is 3. The van der Waals surface area contributed by atoms with Crippen LogP contribution in [-0.4, -0.2) is 71.3 Å². The van der Waals surface area contributed by atoms with E-state index < -0.39 is 0 Å². The molecular formula is C19H24N8O2. The van der Waals surface area contributed by atoms with Gasteiger partial charge < -0.3 is 25.6 Å². The minimum atomic E-state index is 0.101. The first kappa shape index (κ1) is 18.0. The van der Waals surface area contributed by atoms with Crippen molar-refractivity contribution in [2.45, 2.75) is 25.3 Å². The molecule has 3 aliphatic heterocycles. The highest BCUT2D eigenvalue weighted by molar-refractivity contribution is 5.79. The van der Waals surface area contributed by atoms with Gasteiger partial charge in [-0.2, -0.15) is 4.98 Å². The van der Waals surface area contributed by atoms with Crippen LogP contribution in [0.15, 0.2) is 12.4 Å². The number of nitrogens with one attached hydrogen (secondary N) is 1. The molecule has 0 aliphatic carbocycles. The highest BCUT2D eigenvalue weighted by Gasteiger charge is 2.34. The summed E-state index contributed by atoms with van der Waals surface area (Å²) in [5, 5.41) is 2.92. The van der Waals surface area contributed by atoms with E-state index in [9.17, 15) is 4.79 Å². The van der Waals surface area contributed by atoms with Crippen LogP contribution in [0.3, 0.4) is 0 Å². The summed E-state index contributed by atoms with van der Waals surface area (Å²) in [5.41, 5.74) is 8.43. The molecule has 0 saturated carbocycles. The molecule has 2 saturated heterocycles. The van der Waals surface area contributed by atoms with Crippen molar-refractivity contribution in [3.63, 3.8) is 0 Å². The summed E-state index contributed by atoms with van der Waals surface area (Å²) in [5.74, 6) is 1.95. The molecule has 2 aromatic rings. The van der Waals surface area contributed by atoms with Crippen molar-refractivity contribution >= 4 is 23.6 Å². The van der Waals surface area contributed by atoms with Gasteiger partial charge in [0, 0.05) is 62.2 Å². The zero-order valence-electron chi connectivity index (χ0n) is 16.2. The van der Waals surface area contributed by atoms with E-state index in [0.29, 0.717) is 32.1 Å². The second kappa shape index (κ2) is 7.43. The van der Waals surface area contributed by atoms with Crippen LogP contribution < -0.4 is 20.9 Å². The van der Waals surface area contributed by atoms with Crippen LogP contribution in [0.1, 0.15) is 18.4 Å². The fourth-order valence-corrected chi connectivity index (χ4v) is 4.26. The predicted molar refractivity (Wildman–Crippen MR) is 108 cm³/mol. The molecular weight excluding hydrogens is 372 g/mol. The van der Waals surface area contributed by atoms with Gasteiger partial charge in [0.2, 0.25) is 17.8 Å². The van der Waals surface area contributed by atoms with Crippen molar-refractivity contribution in [2.75, 3.05) is 54.9 Å². The first-order chi connectivity index (χ1) is 14.2. The van der Waals surface area contributed by atoms with Crippen molar-refractivity contribution in [2.24, 2.45) is 0 Å². The fourth-order valence-electron chi connectivity index (χ4n) is 4.26. The van der Waals surface area contributed by atoms with E-state index >= 15 is 0 Å². The molecule has 1 amide bonds. The lowest BCUT2D eigenvalue weighted by atomic mass is 10.0. The molecule has 5 heterocycles. The fraction of sp³-hybridized carbons (Fsp3) is 0.526. The van der Waals surface area contributed by atoms with Gasteiger partial charge in [-0.15, -0.1) is 0 Å². The van der Waals surface area contributed by atoms with E-state index in [-0.39, 0.29) is 17.9 Å². The lowest BCUT2D eigenvalue weighted by Gasteiger charge is -2.33. The number of piperidine rings is 1. The third kappa shape index (κ3) is 3.44. The number of morpholine rings is 1. The van der Waals surface area contributed by atoms with Crippen LogP contribution in [0.5, 0.6) is 0 Å². The number of fused-ring (bicyclic) bond motifs is 1. The third-order valence-electron chi connectivity index (χ3n) is 5.75. The number of carbonyl (C=O) groups excluding carboxylic acids is 1. The number of hydrogen-bond acceptors (Lipinski definition) is 9. The average molecular weight is 396 g/mol. The maximum Gasteiger partial charge on any atom is 0.228 e. The summed E-state index contributed by atoms with van der Waals surface area (Å²) in [4.78, 5) is 34.5. The second-order valence-electron chi connectivity index (χ2n) is 7.54. The van der Waals surface area contributed by atoms with Crippen molar-refractivity contribution < 1.29 is 9.53 Å². The molecule has 3 N–H and O–H groups in total. The Morgan fingerprint density at radius 3 is 2.69 bits per heavy atom. The maximum atomic E-state index is 12.0. The Hall–Kier alpha value is -3.01. The molecule has 152 valence electrons. The Morgan fingerprint density at radius 2 is 1.93 bits per heavy atom. The molecule has 0 spiro atoms. The number of rotatable bonds is 3. The van der Waals surface area contributed by atoms with Crippen LogP contribution in [-0.2, 0) is 16.0 Å². The van der Waals surface area contributed by atoms with Gasteiger partial charge >= 0.3 is 0 Å². The SMILES string of the molecule is Nc1ncc(-c2nc(N3CCOCC3)nc3c2CCN3[C@H]2CCNC(=O)C2)cn1. The Kier molecular flexibility index (Phi) is 4.62. The van der Waals surface area contributed by atoms with E-state index in [2.05, 4.69) is 25.1 Å². The Bertz CT molecular complexity index is 913. The van der Waals surface area contributed by atoms with Crippen LogP contribution >= 0.6 is 0 Å². The first-order valence-electron chi connectivity index (χ1n) is 10.0. The van der Waals surface area contributed by atoms with Gasteiger partial charge in [0.15, 0.2) is 0 Å². The maximum absolute atomic E-state index is 12.0. The number of nitrogens with zero attached hydrogens (tertiary/aromatic N) is 6. The zero-order valence-corrected chi connectivity index (χ0v) is 16.2. The topological polar surface area (TPSA) is 122 Å². The average Bonchev–Trinajstić information content (AvgIpc) is 3.18. The highest BCUT2D eigenvalue weighted by Crippen LogP contribution is 2.37. The lowest BCUT2D eigenvalue weighted by molar-refractivity contribution is -0.122. The summed E-state index contributed by atoms with van der Waals surface area (Å²) in [6, 6.07) is 0.160. The monoisotopic (exact) mass is 396 g/mol. The normalized spacial score (nSPS) is 21.8. The minimum absolute atomic E-state index is 0.101. The Balaban J connectivity index is 1.58. The van der Waals surface area contributed by atoms with E-state index in [1.807, 2.05) is 0 Å². The number of amides is 1. The van der Waals surface area contributed by atoms with Crippen molar-refractivity contribution in [3.05, 3.63) is 18.0 Å². The molecule has 5 rings (SSSR count). The highest BCUT2D eigenvalue weighted by atomic mass is 16.5. The molecule has 1 atom stereocenters. The molecule has 0 bridgehead atoms. The molecule has 0 unspecified atom stereocenters. The van der Waals surface area contributed by atoms with Crippen LogP contribution in [0.25, 0.3) is 11.3 Å². The van der Waals surface area contributed by atoms with Crippen LogP contribution in [0.2, 0.25) is 0 Å². The molecule has 0 aromatic carbocycles. The number of carbonyl (C=O) groups is 1. The zero-order chi connectivity index (χ0) is 19.8. The molecule has 2 aromatic heterocycles. The molecule has 0 radical (unpaired) electrons. The summed E-state index contributed by atoms with van der Waals surface area (Å²) < 4.78 is 5.48. The predicted octanol–water partition coefficient (Wildman–Crippen LogP) is -0.00650. The van der Waals surface area contributed by atoms with Crippen LogP contribution in [0.4, 0.5) is 17.7 Å². The summed E-state index contributed by atoms with van der Waals surface area (Å²) in [6.45, 7) is 4.36. The number of hydrogen-bond donors (Lipinski definition) is 2.